The maximum atomic E-state index is 10.3. The summed E-state index contributed by atoms with van der Waals surface area (Å²) in [6.45, 7) is 0. The molecule has 0 unspecified atom stereocenters. The van der Waals surface area contributed by atoms with Crippen molar-refractivity contribution >= 4 is 35.8 Å². The molecule has 0 bridgehead atoms. The molecule has 0 fully saturated rings. The monoisotopic (exact) mass is 430 g/mol. The van der Waals surface area contributed by atoms with Gasteiger partial charge in [-0.15, -0.1) is 0 Å². The summed E-state index contributed by atoms with van der Waals surface area (Å²) in [7, 11) is 0. The Hall–Kier alpha value is -3.96. The summed E-state index contributed by atoms with van der Waals surface area (Å²) in [6.07, 6.45) is 0.425. The summed E-state index contributed by atoms with van der Waals surface area (Å²) in [4.78, 5) is 59.7. The van der Waals surface area contributed by atoms with Gasteiger partial charge in [0.2, 0.25) is 0 Å². The lowest BCUT2D eigenvalue weighted by molar-refractivity contribution is -0.143. The van der Waals surface area contributed by atoms with E-state index in [9.17, 15) is 28.8 Å². The second kappa shape index (κ2) is 16.0. The lowest BCUT2D eigenvalue weighted by atomic mass is 10.1. The molecule has 12 heteroatoms. The molecule has 166 valence electrons. The number of carboxylic acids is 6. The fourth-order valence-corrected chi connectivity index (χ4v) is 1.52. The Morgan fingerprint density at radius 3 is 0.867 bits per heavy atom. The molecule has 6 N–H and O–H groups in total. The Kier molecular flexibility index (Phi) is 15.1. The topological polar surface area (TPSA) is 224 Å². The molecule has 0 radical (unpaired) electrons. The van der Waals surface area contributed by atoms with Crippen molar-refractivity contribution < 1.29 is 59.4 Å². The maximum Gasteiger partial charge on any atom is 0.335 e. The molecule has 0 atom stereocenters. The second-order valence-corrected chi connectivity index (χ2v) is 5.47. The van der Waals surface area contributed by atoms with Crippen molar-refractivity contribution in [3.63, 3.8) is 0 Å². The van der Waals surface area contributed by atoms with Crippen LogP contribution in [-0.2, 0) is 19.2 Å². The Labute approximate surface area is 170 Å². The van der Waals surface area contributed by atoms with Gasteiger partial charge in [-0.25, -0.2) is 9.59 Å². The summed E-state index contributed by atoms with van der Waals surface area (Å²) in [5.74, 6) is -6.02. The minimum atomic E-state index is -1.08. The zero-order valence-corrected chi connectivity index (χ0v) is 15.7. The third-order valence-electron chi connectivity index (χ3n) is 2.96. The highest BCUT2D eigenvalue weighted by Gasteiger charge is 2.05. The van der Waals surface area contributed by atoms with E-state index in [1.165, 1.54) is 24.3 Å². The number of benzene rings is 1. The zero-order valence-electron chi connectivity index (χ0n) is 15.7. The van der Waals surface area contributed by atoms with Crippen LogP contribution in [0.4, 0.5) is 0 Å². The van der Waals surface area contributed by atoms with Gasteiger partial charge in [0.15, 0.2) is 0 Å². The van der Waals surface area contributed by atoms with Crippen LogP contribution in [0, 0.1) is 0 Å². The molecule has 0 heterocycles. The van der Waals surface area contributed by atoms with Crippen LogP contribution >= 0.6 is 0 Å². The van der Waals surface area contributed by atoms with Gasteiger partial charge in [0.25, 0.3) is 0 Å². The molecule has 1 rings (SSSR count). The number of carbonyl (C=O) groups is 6. The van der Waals surface area contributed by atoms with Crippen molar-refractivity contribution in [2.45, 2.75) is 38.5 Å². The predicted molar refractivity (Wildman–Crippen MR) is 98.6 cm³/mol. The van der Waals surface area contributed by atoms with Crippen molar-refractivity contribution in [1.82, 2.24) is 0 Å². The highest BCUT2D eigenvalue weighted by Crippen LogP contribution is 2.03. The zero-order chi connectivity index (χ0) is 23.7. The van der Waals surface area contributed by atoms with Crippen LogP contribution in [0.2, 0.25) is 0 Å². The van der Waals surface area contributed by atoms with Gasteiger partial charge >= 0.3 is 35.8 Å². The number of hydrogen-bond donors (Lipinski definition) is 6. The van der Waals surface area contributed by atoms with Crippen LogP contribution in [0.25, 0.3) is 0 Å². The molecule has 0 saturated carbocycles. The number of aliphatic carboxylic acids is 4. The van der Waals surface area contributed by atoms with Crippen LogP contribution in [-0.4, -0.2) is 66.5 Å². The van der Waals surface area contributed by atoms with Crippen LogP contribution < -0.4 is 0 Å². The molecule has 1 aromatic carbocycles. The molecule has 0 spiro atoms. The quantitative estimate of drug-likeness (QED) is 0.292. The van der Waals surface area contributed by atoms with Crippen molar-refractivity contribution in [2.24, 2.45) is 0 Å². The standard InChI is InChI=1S/C8H6O4.C6H10O4.C4H6O4/c9-7(10)5-1-2-6(4-3-5)8(11)12;7-5(8)3-1-2-4-6(9)10;5-3(6)1-2-4(7)8/h1-4H,(H,9,10)(H,11,12);1-4H2,(H,7,8)(H,9,10);1-2H2,(H,5,6)(H,7,8). The van der Waals surface area contributed by atoms with Gasteiger partial charge in [0, 0.05) is 12.8 Å². The average Bonchev–Trinajstić information content (AvgIpc) is 2.64. The van der Waals surface area contributed by atoms with Gasteiger partial charge in [0.1, 0.15) is 0 Å². The number of carboxylic acid groups (broad SMARTS) is 6. The molecule has 0 aromatic heterocycles. The first kappa shape index (κ1) is 28.3. The minimum Gasteiger partial charge on any atom is -0.481 e. The van der Waals surface area contributed by atoms with Gasteiger partial charge < -0.3 is 30.6 Å². The average molecular weight is 430 g/mol. The molecular weight excluding hydrogens is 408 g/mol. The summed E-state index contributed by atoms with van der Waals surface area (Å²) in [5, 5.41) is 49.0. The molecular formula is C18H22O12. The van der Waals surface area contributed by atoms with E-state index in [1.54, 1.807) is 0 Å². The second-order valence-electron chi connectivity index (χ2n) is 5.47. The van der Waals surface area contributed by atoms with E-state index in [4.69, 9.17) is 30.6 Å². The number of hydrogen-bond acceptors (Lipinski definition) is 6. The third-order valence-corrected chi connectivity index (χ3v) is 2.96. The van der Waals surface area contributed by atoms with Gasteiger partial charge in [-0.2, -0.15) is 0 Å². The Balaban J connectivity index is 0. The lowest BCUT2D eigenvalue weighted by Gasteiger charge is -1.94. The minimum absolute atomic E-state index is 0.0628. The fourth-order valence-electron chi connectivity index (χ4n) is 1.52. The Morgan fingerprint density at radius 1 is 0.467 bits per heavy atom. The maximum absolute atomic E-state index is 10.3. The first-order valence-electron chi connectivity index (χ1n) is 8.30. The van der Waals surface area contributed by atoms with Crippen molar-refractivity contribution in [3.05, 3.63) is 35.4 Å². The summed E-state index contributed by atoms with van der Waals surface area (Å²) in [5.41, 5.74) is 0.167. The molecule has 30 heavy (non-hydrogen) atoms. The van der Waals surface area contributed by atoms with E-state index >= 15 is 0 Å². The number of rotatable bonds is 10. The molecule has 0 aliphatic carbocycles. The summed E-state index contributed by atoms with van der Waals surface area (Å²) < 4.78 is 0. The predicted octanol–water partition coefficient (Wildman–Crippen LogP) is 1.73. The van der Waals surface area contributed by atoms with Crippen LogP contribution in [0.3, 0.4) is 0 Å². The number of aromatic carboxylic acids is 2. The highest BCUT2D eigenvalue weighted by molar-refractivity contribution is 5.91. The van der Waals surface area contributed by atoms with Gasteiger partial charge in [-0.05, 0) is 37.1 Å². The smallest absolute Gasteiger partial charge is 0.335 e. The molecule has 0 aliphatic rings. The molecule has 1 aromatic rings. The first-order valence-corrected chi connectivity index (χ1v) is 8.30. The summed E-state index contributed by atoms with van der Waals surface area (Å²) >= 11 is 0. The Morgan fingerprint density at radius 2 is 0.700 bits per heavy atom. The lowest BCUT2D eigenvalue weighted by Crippen LogP contribution is -2.00. The van der Waals surface area contributed by atoms with Crippen LogP contribution in [0.15, 0.2) is 24.3 Å². The summed E-state index contributed by atoms with van der Waals surface area (Å²) in [6, 6.07) is 5.02. The molecule has 0 saturated heterocycles. The third kappa shape index (κ3) is 18.8. The molecule has 0 amide bonds. The van der Waals surface area contributed by atoms with Crippen molar-refractivity contribution in [3.8, 4) is 0 Å². The van der Waals surface area contributed by atoms with E-state index in [0.717, 1.165) is 0 Å². The van der Waals surface area contributed by atoms with Crippen molar-refractivity contribution in [2.75, 3.05) is 0 Å². The number of unbranched alkanes of at least 4 members (excludes halogenated alkanes) is 1. The van der Waals surface area contributed by atoms with E-state index in [1.807, 2.05) is 0 Å². The van der Waals surface area contributed by atoms with Crippen molar-refractivity contribution in [1.29, 1.82) is 0 Å². The van der Waals surface area contributed by atoms with E-state index in [0.29, 0.717) is 12.8 Å². The highest BCUT2D eigenvalue weighted by atomic mass is 16.4. The first-order chi connectivity index (χ1) is 13.9. The normalized spacial score (nSPS) is 9.07. The molecule has 12 nitrogen and oxygen atoms in total. The Bertz CT molecular complexity index is 673. The van der Waals surface area contributed by atoms with E-state index in [-0.39, 0.29) is 36.8 Å². The van der Waals surface area contributed by atoms with Crippen LogP contribution in [0.1, 0.15) is 59.2 Å². The largest absolute Gasteiger partial charge is 0.481 e. The SMILES string of the molecule is O=C(O)CCC(=O)O.O=C(O)CCCCC(=O)O.O=C(O)c1ccc(C(=O)O)cc1. The molecule has 0 aliphatic heterocycles. The van der Waals surface area contributed by atoms with E-state index < -0.39 is 35.8 Å². The van der Waals surface area contributed by atoms with Gasteiger partial charge in [0.05, 0.1) is 24.0 Å². The van der Waals surface area contributed by atoms with Gasteiger partial charge in [-0.3, -0.25) is 19.2 Å². The fraction of sp³-hybridized carbons (Fsp3) is 0.333. The van der Waals surface area contributed by atoms with E-state index in [2.05, 4.69) is 0 Å². The van der Waals surface area contributed by atoms with Crippen LogP contribution in [0.5, 0.6) is 0 Å². The van der Waals surface area contributed by atoms with Gasteiger partial charge in [-0.1, -0.05) is 0 Å².